The first-order valence-electron chi connectivity index (χ1n) is 10.9. The molecule has 0 aliphatic heterocycles. The number of rotatable bonds is 8. The average Bonchev–Trinajstić information content (AvgIpc) is 3.30. The molecule has 0 amide bonds. The molecular formula is C22H31N2O4PS. The Morgan fingerprint density at radius 3 is 2.93 bits per heavy atom. The summed E-state index contributed by atoms with van der Waals surface area (Å²) in [4.78, 5) is 24.2. The Bertz CT molecular complexity index is 957. The van der Waals surface area contributed by atoms with Crippen LogP contribution in [0, 0.1) is 0 Å². The Labute approximate surface area is 182 Å². The van der Waals surface area contributed by atoms with Crippen LogP contribution in [0.15, 0.2) is 18.2 Å². The normalized spacial score (nSPS) is 23.4. The number of phosphoric acid groups is 1. The van der Waals surface area contributed by atoms with Gasteiger partial charge in [0.05, 0.1) is 22.2 Å². The van der Waals surface area contributed by atoms with Crippen molar-refractivity contribution in [1.29, 1.82) is 0 Å². The van der Waals surface area contributed by atoms with Crippen molar-refractivity contribution in [1.82, 2.24) is 4.98 Å². The van der Waals surface area contributed by atoms with Gasteiger partial charge >= 0.3 is 7.82 Å². The third-order valence-corrected chi connectivity index (χ3v) is 8.03. The number of hydrogen-bond donors (Lipinski definition) is 3. The van der Waals surface area contributed by atoms with E-state index in [1.165, 1.54) is 51.5 Å². The Hall–Kier alpha value is -1.08. The zero-order valence-corrected chi connectivity index (χ0v) is 19.2. The molecule has 8 heteroatoms. The van der Waals surface area contributed by atoms with E-state index in [9.17, 15) is 4.57 Å². The topological polar surface area (TPSA) is 106 Å². The monoisotopic (exact) mass is 450 g/mol. The van der Waals surface area contributed by atoms with Crippen molar-refractivity contribution in [2.24, 2.45) is 5.73 Å². The van der Waals surface area contributed by atoms with Gasteiger partial charge in [0.25, 0.3) is 0 Å². The van der Waals surface area contributed by atoms with Gasteiger partial charge in [-0.1, -0.05) is 38.0 Å². The molecule has 2 unspecified atom stereocenters. The van der Waals surface area contributed by atoms with Gasteiger partial charge in [-0.2, -0.15) is 0 Å². The number of aromatic nitrogens is 1. The lowest BCUT2D eigenvalue weighted by molar-refractivity contribution is 0.153. The van der Waals surface area contributed by atoms with Gasteiger partial charge in [0.2, 0.25) is 0 Å². The summed E-state index contributed by atoms with van der Waals surface area (Å²) in [7, 11) is -4.49. The van der Waals surface area contributed by atoms with Crippen molar-refractivity contribution in [2.75, 3.05) is 6.61 Å². The van der Waals surface area contributed by atoms with E-state index in [-0.39, 0.29) is 6.61 Å². The number of phosphoric ester groups is 1. The zero-order valence-electron chi connectivity index (χ0n) is 17.5. The number of nitrogens with two attached hydrogens (primary N) is 1. The van der Waals surface area contributed by atoms with Gasteiger partial charge in [0.1, 0.15) is 0 Å². The second-order valence-corrected chi connectivity index (χ2v) is 11.1. The Kier molecular flexibility index (Phi) is 6.50. The second-order valence-electron chi connectivity index (χ2n) is 8.82. The van der Waals surface area contributed by atoms with Crippen molar-refractivity contribution in [3.05, 3.63) is 40.0 Å². The van der Waals surface area contributed by atoms with Crippen molar-refractivity contribution >= 4 is 19.2 Å². The largest absolute Gasteiger partial charge is 0.469 e. The molecule has 1 heterocycles. The number of benzene rings is 1. The molecule has 0 radical (unpaired) electrons. The van der Waals surface area contributed by atoms with Gasteiger partial charge in [-0.3, -0.25) is 4.52 Å². The fraction of sp³-hybridized carbons (Fsp3) is 0.591. The van der Waals surface area contributed by atoms with Gasteiger partial charge in [0, 0.05) is 5.54 Å². The van der Waals surface area contributed by atoms with Crippen LogP contribution in [0.3, 0.4) is 0 Å². The van der Waals surface area contributed by atoms with Gasteiger partial charge in [0.15, 0.2) is 0 Å². The highest BCUT2D eigenvalue weighted by Crippen LogP contribution is 2.45. The maximum atomic E-state index is 11.0. The van der Waals surface area contributed by atoms with Crippen LogP contribution in [0.2, 0.25) is 0 Å². The van der Waals surface area contributed by atoms with Crippen molar-refractivity contribution in [2.45, 2.75) is 76.2 Å². The molecule has 1 fully saturated rings. The zero-order chi connectivity index (χ0) is 21.4. The quantitative estimate of drug-likeness (QED) is 0.397. The fourth-order valence-corrected chi connectivity index (χ4v) is 6.39. The predicted octanol–water partition coefficient (Wildman–Crippen LogP) is 4.72. The molecule has 1 saturated carbocycles. The average molecular weight is 451 g/mol. The van der Waals surface area contributed by atoms with E-state index in [1.54, 1.807) is 0 Å². The van der Waals surface area contributed by atoms with Crippen LogP contribution in [-0.2, 0) is 28.4 Å². The number of thiazole rings is 1. The van der Waals surface area contributed by atoms with E-state index < -0.39 is 13.4 Å². The number of aryl methyl sites for hydroxylation is 3. The first kappa shape index (κ1) is 22.1. The van der Waals surface area contributed by atoms with E-state index in [0.717, 1.165) is 25.7 Å². The van der Waals surface area contributed by atoms with Crippen LogP contribution in [0.1, 0.15) is 73.2 Å². The highest BCUT2D eigenvalue weighted by atomic mass is 32.1. The number of fused-ring (bicyclic) bond motifs is 3. The summed E-state index contributed by atoms with van der Waals surface area (Å²) in [5.74, 6) is 0.299. The van der Waals surface area contributed by atoms with E-state index in [1.807, 2.05) is 11.3 Å². The van der Waals surface area contributed by atoms with Crippen LogP contribution >= 0.6 is 19.2 Å². The minimum atomic E-state index is -4.49. The molecule has 1 aromatic heterocycles. The number of hydrogen-bond acceptors (Lipinski definition) is 5. The summed E-state index contributed by atoms with van der Waals surface area (Å²) in [5.41, 5.74) is 10.9. The number of unbranched alkanes of at least 4 members (excludes halogenated alkanes) is 2. The molecule has 164 valence electrons. The molecule has 4 rings (SSSR count). The summed E-state index contributed by atoms with van der Waals surface area (Å²) in [6.07, 6.45) is 9.08. The lowest BCUT2D eigenvalue weighted by Crippen LogP contribution is -2.41. The second kappa shape index (κ2) is 8.81. The lowest BCUT2D eigenvalue weighted by atomic mass is 9.87. The fourth-order valence-electron chi connectivity index (χ4n) is 4.75. The van der Waals surface area contributed by atoms with Crippen LogP contribution in [0.5, 0.6) is 0 Å². The van der Waals surface area contributed by atoms with Crippen molar-refractivity contribution in [3.63, 3.8) is 0 Å². The summed E-state index contributed by atoms with van der Waals surface area (Å²) in [5, 5.41) is 1.26. The van der Waals surface area contributed by atoms with Gasteiger partial charge in [-0.25, -0.2) is 9.55 Å². The molecule has 0 spiro atoms. The van der Waals surface area contributed by atoms with E-state index >= 15 is 0 Å². The molecule has 2 aliphatic rings. The summed E-state index contributed by atoms with van der Waals surface area (Å²) in [6.45, 7) is 2.12. The Morgan fingerprint density at radius 2 is 2.17 bits per heavy atom. The van der Waals surface area contributed by atoms with Gasteiger partial charge in [-0.15, -0.1) is 11.3 Å². The van der Waals surface area contributed by atoms with Gasteiger partial charge < -0.3 is 15.5 Å². The third kappa shape index (κ3) is 5.04. The van der Waals surface area contributed by atoms with Crippen molar-refractivity contribution < 1.29 is 18.9 Å². The molecule has 0 saturated heterocycles. The highest BCUT2D eigenvalue weighted by molar-refractivity contribution is 7.46. The first-order valence-corrected chi connectivity index (χ1v) is 13.2. The summed E-state index contributed by atoms with van der Waals surface area (Å²) >= 11 is 1.85. The smallest absolute Gasteiger partial charge is 0.323 e. The molecule has 1 aromatic carbocycles. The SMILES string of the molecule is CCCCCc1nc2c(s1)-c1ccc(C3CCC(N)(COP(=O)(O)O)C3)cc1CC2. The summed E-state index contributed by atoms with van der Waals surface area (Å²) < 4.78 is 15.7. The lowest BCUT2D eigenvalue weighted by Gasteiger charge is -2.24. The molecule has 2 aliphatic carbocycles. The van der Waals surface area contributed by atoms with Crippen LogP contribution in [0.25, 0.3) is 10.4 Å². The summed E-state index contributed by atoms with van der Waals surface area (Å²) in [6, 6.07) is 6.75. The van der Waals surface area contributed by atoms with Crippen LogP contribution in [-0.4, -0.2) is 26.9 Å². The molecule has 6 nitrogen and oxygen atoms in total. The van der Waals surface area contributed by atoms with Crippen LogP contribution in [0.4, 0.5) is 0 Å². The number of nitrogens with zero attached hydrogens (tertiary/aromatic N) is 1. The van der Waals surface area contributed by atoms with E-state index in [0.29, 0.717) is 18.8 Å². The predicted molar refractivity (Wildman–Crippen MR) is 120 cm³/mol. The highest BCUT2D eigenvalue weighted by Gasteiger charge is 2.38. The molecule has 30 heavy (non-hydrogen) atoms. The maximum absolute atomic E-state index is 11.0. The minimum absolute atomic E-state index is 0.107. The van der Waals surface area contributed by atoms with E-state index in [4.69, 9.17) is 25.0 Å². The first-order chi connectivity index (χ1) is 14.3. The molecule has 2 aromatic rings. The maximum Gasteiger partial charge on any atom is 0.469 e. The molecule has 0 bridgehead atoms. The standard InChI is InChI=1S/C22H31N2O4PS/c1-2-3-4-5-20-24-19-9-7-16-12-15(6-8-18(16)21(19)30-20)17-10-11-22(23,13-17)14-28-29(25,26)27/h6,8,12,17H,2-5,7,9-11,13-14,23H2,1H3,(H2,25,26,27). The Balaban J connectivity index is 1.47. The van der Waals surface area contributed by atoms with Crippen molar-refractivity contribution in [3.8, 4) is 10.4 Å². The Morgan fingerprint density at radius 1 is 1.33 bits per heavy atom. The van der Waals surface area contributed by atoms with Crippen LogP contribution < -0.4 is 5.73 Å². The van der Waals surface area contributed by atoms with E-state index in [2.05, 4.69) is 25.1 Å². The van der Waals surface area contributed by atoms with Gasteiger partial charge in [-0.05, 0) is 67.6 Å². The third-order valence-electron chi connectivity index (χ3n) is 6.38. The molecule has 4 N–H and O–H groups in total. The molecule has 2 atom stereocenters. The molecular weight excluding hydrogens is 419 g/mol. The minimum Gasteiger partial charge on any atom is -0.323 e.